The van der Waals surface area contributed by atoms with E-state index in [4.69, 9.17) is 4.74 Å². The lowest BCUT2D eigenvalue weighted by Crippen LogP contribution is -2.28. The van der Waals surface area contributed by atoms with Gasteiger partial charge in [0.05, 0.1) is 6.61 Å². The molecule has 2 aliphatic rings. The molecule has 0 aliphatic carbocycles. The molecule has 1 atom stereocenters. The highest BCUT2D eigenvalue weighted by molar-refractivity contribution is 5.60. The summed E-state index contributed by atoms with van der Waals surface area (Å²) < 4.78 is 5.50. The Morgan fingerprint density at radius 3 is 2.80 bits per heavy atom. The number of ether oxygens (including phenoxy) is 1. The van der Waals surface area contributed by atoms with Crippen molar-refractivity contribution in [1.82, 2.24) is 0 Å². The molecule has 1 unspecified atom stereocenters. The summed E-state index contributed by atoms with van der Waals surface area (Å²) in [5, 5.41) is 3.45. The van der Waals surface area contributed by atoms with E-state index in [1.54, 1.807) is 0 Å². The van der Waals surface area contributed by atoms with Crippen LogP contribution in [-0.4, -0.2) is 19.8 Å². The standard InChI is InChI=1S/C11H13NO.C2H6/c1-2-4-10-9(3-1)11(7-12-10)5-6-13-8-11;1-2/h1-4,12H,5-8H2;1-2H3. The highest BCUT2D eigenvalue weighted by Gasteiger charge is 2.41. The number of nitrogens with one attached hydrogen (secondary N) is 1. The van der Waals surface area contributed by atoms with E-state index < -0.39 is 0 Å². The van der Waals surface area contributed by atoms with Crippen molar-refractivity contribution >= 4 is 5.69 Å². The molecular weight excluding hydrogens is 186 g/mol. The van der Waals surface area contributed by atoms with Crippen LogP contribution in [0.3, 0.4) is 0 Å². The third-order valence-electron chi connectivity index (χ3n) is 3.22. The molecule has 2 aliphatic heterocycles. The molecule has 1 fully saturated rings. The first-order valence-electron chi connectivity index (χ1n) is 5.82. The zero-order chi connectivity index (χ0) is 10.7. The van der Waals surface area contributed by atoms with Gasteiger partial charge in [-0.25, -0.2) is 0 Å². The summed E-state index contributed by atoms with van der Waals surface area (Å²) in [5.74, 6) is 0. The molecule has 1 spiro atoms. The Morgan fingerprint density at radius 1 is 1.27 bits per heavy atom. The minimum absolute atomic E-state index is 0.288. The Balaban J connectivity index is 0.000000404. The Labute approximate surface area is 91.6 Å². The summed E-state index contributed by atoms with van der Waals surface area (Å²) in [6, 6.07) is 8.58. The number of para-hydroxylation sites is 1. The highest BCUT2D eigenvalue weighted by atomic mass is 16.5. The van der Waals surface area contributed by atoms with Crippen molar-refractivity contribution in [3.8, 4) is 0 Å². The average molecular weight is 205 g/mol. The van der Waals surface area contributed by atoms with Gasteiger partial charge in [-0.2, -0.15) is 0 Å². The lowest BCUT2D eigenvalue weighted by Gasteiger charge is -2.20. The minimum atomic E-state index is 0.288. The molecule has 2 heteroatoms. The van der Waals surface area contributed by atoms with Crippen molar-refractivity contribution in [3.05, 3.63) is 29.8 Å². The van der Waals surface area contributed by atoms with Gasteiger partial charge in [0.15, 0.2) is 0 Å². The fraction of sp³-hybridized carbons (Fsp3) is 0.538. The van der Waals surface area contributed by atoms with Crippen LogP contribution in [0.4, 0.5) is 5.69 Å². The topological polar surface area (TPSA) is 21.3 Å². The van der Waals surface area contributed by atoms with Gasteiger partial charge < -0.3 is 10.1 Å². The summed E-state index contributed by atoms with van der Waals surface area (Å²) in [5.41, 5.74) is 3.04. The zero-order valence-corrected chi connectivity index (χ0v) is 9.55. The van der Waals surface area contributed by atoms with Crippen molar-refractivity contribution in [2.45, 2.75) is 25.7 Å². The lowest BCUT2D eigenvalue weighted by molar-refractivity contribution is 0.181. The maximum atomic E-state index is 5.50. The number of hydrogen-bond donors (Lipinski definition) is 1. The van der Waals surface area contributed by atoms with E-state index in [9.17, 15) is 0 Å². The van der Waals surface area contributed by atoms with Crippen LogP contribution in [0, 0.1) is 0 Å². The fourth-order valence-corrected chi connectivity index (χ4v) is 2.42. The predicted molar refractivity (Wildman–Crippen MR) is 63.4 cm³/mol. The second-order valence-electron chi connectivity index (χ2n) is 3.98. The summed E-state index contributed by atoms with van der Waals surface area (Å²) >= 11 is 0. The molecule has 2 heterocycles. The number of fused-ring (bicyclic) bond motifs is 2. The van der Waals surface area contributed by atoms with Gasteiger partial charge in [-0.15, -0.1) is 0 Å². The molecule has 3 rings (SSSR count). The molecular formula is C13H19NO. The van der Waals surface area contributed by atoms with Gasteiger partial charge in [0, 0.05) is 24.3 Å². The van der Waals surface area contributed by atoms with E-state index >= 15 is 0 Å². The molecule has 15 heavy (non-hydrogen) atoms. The van der Waals surface area contributed by atoms with Crippen LogP contribution in [0.1, 0.15) is 25.8 Å². The summed E-state index contributed by atoms with van der Waals surface area (Å²) in [7, 11) is 0. The van der Waals surface area contributed by atoms with Crippen LogP contribution >= 0.6 is 0 Å². The van der Waals surface area contributed by atoms with E-state index in [1.807, 2.05) is 13.8 Å². The molecule has 1 saturated heterocycles. The highest BCUT2D eigenvalue weighted by Crippen LogP contribution is 2.41. The molecule has 0 saturated carbocycles. The van der Waals surface area contributed by atoms with Crippen molar-refractivity contribution in [2.75, 3.05) is 25.1 Å². The van der Waals surface area contributed by atoms with E-state index in [2.05, 4.69) is 29.6 Å². The van der Waals surface area contributed by atoms with E-state index in [1.165, 1.54) is 11.3 Å². The zero-order valence-electron chi connectivity index (χ0n) is 9.55. The number of anilines is 1. The summed E-state index contributed by atoms with van der Waals surface area (Å²) in [6.07, 6.45) is 1.16. The molecule has 1 aromatic carbocycles. The predicted octanol–water partition coefficient (Wildman–Crippen LogP) is 2.80. The molecule has 0 bridgehead atoms. The maximum Gasteiger partial charge on any atom is 0.0581 e. The molecule has 0 aromatic heterocycles. The second kappa shape index (κ2) is 4.23. The second-order valence-corrected chi connectivity index (χ2v) is 3.98. The Morgan fingerprint density at radius 2 is 2.07 bits per heavy atom. The SMILES string of the molecule is CC.c1ccc2c(c1)NCC21CCOC1. The normalized spacial score (nSPS) is 26.8. The monoisotopic (exact) mass is 205 g/mol. The van der Waals surface area contributed by atoms with E-state index in [0.29, 0.717) is 0 Å². The third kappa shape index (κ3) is 1.63. The van der Waals surface area contributed by atoms with Gasteiger partial charge in [0.2, 0.25) is 0 Å². The van der Waals surface area contributed by atoms with E-state index in [0.717, 1.165) is 26.2 Å². The Hall–Kier alpha value is -1.02. The number of hydrogen-bond acceptors (Lipinski definition) is 2. The summed E-state index contributed by atoms with van der Waals surface area (Å²) in [4.78, 5) is 0. The fourth-order valence-electron chi connectivity index (χ4n) is 2.42. The van der Waals surface area contributed by atoms with Gasteiger partial charge in [-0.1, -0.05) is 32.0 Å². The number of rotatable bonds is 0. The van der Waals surface area contributed by atoms with Crippen molar-refractivity contribution in [1.29, 1.82) is 0 Å². The summed E-state index contributed by atoms with van der Waals surface area (Å²) in [6.45, 7) is 6.85. The molecule has 0 radical (unpaired) electrons. The average Bonchev–Trinajstić information content (AvgIpc) is 2.92. The van der Waals surface area contributed by atoms with Crippen LogP contribution in [-0.2, 0) is 10.2 Å². The minimum Gasteiger partial charge on any atom is -0.384 e. The Kier molecular flexibility index (Phi) is 2.96. The molecule has 0 amide bonds. The van der Waals surface area contributed by atoms with Crippen LogP contribution in [0.25, 0.3) is 0 Å². The Bertz CT molecular complexity index is 329. The number of benzene rings is 1. The van der Waals surface area contributed by atoms with Crippen LogP contribution in [0.5, 0.6) is 0 Å². The molecule has 2 nitrogen and oxygen atoms in total. The van der Waals surface area contributed by atoms with Crippen molar-refractivity contribution in [3.63, 3.8) is 0 Å². The lowest BCUT2D eigenvalue weighted by atomic mass is 9.82. The van der Waals surface area contributed by atoms with Gasteiger partial charge in [0.25, 0.3) is 0 Å². The largest absolute Gasteiger partial charge is 0.384 e. The third-order valence-corrected chi connectivity index (χ3v) is 3.22. The van der Waals surface area contributed by atoms with Crippen LogP contribution < -0.4 is 5.32 Å². The van der Waals surface area contributed by atoms with Gasteiger partial charge in [-0.3, -0.25) is 0 Å². The van der Waals surface area contributed by atoms with Gasteiger partial charge >= 0.3 is 0 Å². The van der Waals surface area contributed by atoms with Crippen LogP contribution in [0.2, 0.25) is 0 Å². The quantitative estimate of drug-likeness (QED) is 0.703. The smallest absolute Gasteiger partial charge is 0.0581 e. The van der Waals surface area contributed by atoms with Crippen molar-refractivity contribution in [2.24, 2.45) is 0 Å². The molecule has 1 aromatic rings. The molecule has 82 valence electrons. The van der Waals surface area contributed by atoms with Gasteiger partial charge in [0.1, 0.15) is 0 Å². The maximum absolute atomic E-state index is 5.50. The van der Waals surface area contributed by atoms with Crippen LogP contribution in [0.15, 0.2) is 24.3 Å². The van der Waals surface area contributed by atoms with E-state index in [-0.39, 0.29) is 5.41 Å². The molecule has 1 N–H and O–H groups in total. The van der Waals surface area contributed by atoms with Gasteiger partial charge in [-0.05, 0) is 18.1 Å². The van der Waals surface area contributed by atoms with Crippen molar-refractivity contribution < 1.29 is 4.74 Å². The first-order chi connectivity index (χ1) is 7.41. The first-order valence-corrected chi connectivity index (χ1v) is 5.82. The first kappa shape index (κ1) is 10.5.